The number of urea groups is 1. The molecule has 0 atom stereocenters. The molecule has 5 fully saturated rings. The summed E-state index contributed by atoms with van der Waals surface area (Å²) in [4.78, 5) is 29.3. The highest BCUT2D eigenvalue weighted by molar-refractivity contribution is 5.90. The van der Waals surface area contributed by atoms with Gasteiger partial charge in [0.2, 0.25) is 0 Å². The molecule has 6 rings (SSSR count). The summed E-state index contributed by atoms with van der Waals surface area (Å²) in [7, 11) is 0. The zero-order chi connectivity index (χ0) is 26.0. The van der Waals surface area contributed by atoms with Crippen molar-refractivity contribution in [3.63, 3.8) is 0 Å². The first-order chi connectivity index (χ1) is 17.6. The van der Waals surface area contributed by atoms with Crippen molar-refractivity contribution in [2.24, 2.45) is 17.8 Å². The fourth-order valence-corrected chi connectivity index (χ4v) is 7.29. The third kappa shape index (κ3) is 6.89. The number of amides is 3. The average molecular weight is 513 g/mol. The molecule has 4 aliphatic carbocycles. The highest BCUT2D eigenvalue weighted by Crippen LogP contribution is 2.55. The Labute approximate surface area is 221 Å². The molecule has 1 aromatic carbocycles. The lowest BCUT2D eigenvalue weighted by atomic mass is 9.53. The molecule has 3 amide bonds. The van der Waals surface area contributed by atoms with E-state index in [1.807, 2.05) is 45.0 Å². The molecule has 37 heavy (non-hydrogen) atoms. The van der Waals surface area contributed by atoms with Crippen molar-refractivity contribution in [2.45, 2.75) is 76.9 Å². The first-order valence-electron chi connectivity index (χ1n) is 14.2. The van der Waals surface area contributed by atoms with Crippen LogP contribution in [0.5, 0.6) is 5.75 Å². The number of ether oxygens (including phenoxy) is 2. The molecule has 0 radical (unpaired) electrons. The summed E-state index contributed by atoms with van der Waals surface area (Å²) >= 11 is 0. The Morgan fingerprint density at radius 2 is 1.65 bits per heavy atom. The third-order valence-corrected chi connectivity index (χ3v) is 8.42. The van der Waals surface area contributed by atoms with E-state index in [1.165, 1.54) is 19.3 Å². The van der Waals surface area contributed by atoms with Crippen LogP contribution in [0.4, 0.5) is 15.3 Å². The van der Waals surface area contributed by atoms with E-state index in [-0.39, 0.29) is 17.7 Å². The molecular weight excluding hydrogens is 468 g/mol. The van der Waals surface area contributed by atoms with Gasteiger partial charge >= 0.3 is 12.1 Å². The van der Waals surface area contributed by atoms with Crippen LogP contribution in [0.3, 0.4) is 0 Å². The van der Waals surface area contributed by atoms with E-state index in [4.69, 9.17) is 9.47 Å². The standard InChI is InChI=1S/C29H44N4O4/c1-28(2,3)37-27(35)33-11-9-32(10-12-33)8-5-13-36-25-7-4-6-24(17-25)30-26(34)31-29-18-21-14-22(19-29)16-23(15-21)20-29/h4,6-7,17,21-23H,5,8-16,18-20H2,1-3H3,(H2,30,31,34). The fourth-order valence-electron chi connectivity index (χ4n) is 7.29. The molecule has 4 saturated carbocycles. The van der Waals surface area contributed by atoms with Crippen LogP contribution in [0, 0.1) is 17.8 Å². The zero-order valence-electron chi connectivity index (χ0n) is 22.8. The number of anilines is 1. The van der Waals surface area contributed by atoms with E-state index < -0.39 is 5.60 Å². The number of carbonyl (C=O) groups excluding carboxylic acids is 2. The van der Waals surface area contributed by atoms with Gasteiger partial charge in [0.25, 0.3) is 0 Å². The van der Waals surface area contributed by atoms with E-state index in [1.54, 1.807) is 4.90 Å². The predicted octanol–water partition coefficient (Wildman–Crippen LogP) is 5.10. The minimum atomic E-state index is -0.462. The number of carbonyl (C=O) groups is 2. The van der Waals surface area contributed by atoms with Gasteiger partial charge in [0.05, 0.1) is 6.61 Å². The molecule has 0 unspecified atom stereocenters. The van der Waals surface area contributed by atoms with Gasteiger partial charge in [0.1, 0.15) is 11.4 Å². The monoisotopic (exact) mass is 512 g/mol. The molecule has 204 valence electrons. The Morgan fingerprint density at radius 1 is 1.00 bits per heavy atom. The number of hydrogen-bond acceptors (Lipinski definition) is 5. The highest BCUT2D eigenvalue weighted by Gasteiger charge is 2.51. The molecule has 1 saturated heterocycles. The van der Waals surface area contributed by atoms with Crippen LogP contribution in [0.2, 0.25) is 0 Å². The molecule has 1 aromatic rings. The molecule has 5 aliphatic rings. The summed E-state index contributed by atoms with van der Waals surface area (Å²) in [6, 6.07) is 7.58. The quantitative estimate of drug-likeness (QED) is 0.497. The summed E-state index contributed by atoms with van der Waals surface area (Å²) in [6.07, 6.45) is 8.20. The second-order valence-electron chi connectivity index (χ2n) is 12.8. The second kappa shape index (κ2) is 10.7. The van der Waals surface area contributed by atoms with Crippen molar-refractivity contribution in [2.75, 3.05) is 44.6 Å². The first-order valence-corrected chi connectivity index (χ1v) is 14.2. The minimum absolute atomic E-state index is 0.00529. The maximum atomic E-state index is 12.9. The highest BCUT2D eigenvalue weighted by atomic mass is 16.6. The Morgan fingerprint density at radius 3 is 2.27 bits per heavy atom. The fraction of sp³-hybridized carbons (Fsp3) is 0.724. The van der Waals surface area contributed by atoms with Crippen molar-refractivity contribution in [1.82, 2.24) is 15.1 Å². The Bertz CT molecular complexity index is 932. The van der Waals surface area contributed by atoms with E-state index in [0.29, 0.717) is 19.7 Å². The summed E-state index contributed by atoms with van der Waals surface area (Å²) < 4.78 is 11.5. The van der Waals surface area contributed by atoms with Crippen molar-refractivity contribution >= 4 is 17.8 Å². The van der Waals surface area contributed by atoms with Gasteiger partial charge in [-0.2, -0.15) is 0 Å². The van der Waals surface area contributed by atoms with Crippen LogP contribution in [-0.4, -0.2) is 72.4 Å². The molecule has 8 heteroatoms. The van der Waals surface area contributed by atoms with Crippen molar-refractivity contribution in [1.29, 1.82) is 0 Å². The molecule has 1 aliphatic heterocycles. The van der Waals surface area contributed by atoms with Crippen LogP contribution in [0.25, 0.3) is 0 Å². The minimum Gasteiger partial charge on any atom is -0.493 e. The lowest BCUT2D eigenvalue weighted by Gasteiger charge is -2.56. The van der Waals surface area contributed by atoms with Gasteiger partial charge in [-0.1, -0.05) is 6.07 Å². The number of hydrogen-bond donors (Lipinski definition) is 2. The van der Waals surface area contributed by atoms with Gasteiger partial charge < -0.3 is 25.0 Å². The number of rotatable bonds is 7. The summed E-state index contributed by atoms with van der Waals surface area (Å²) in [6.45, 7) is 10.3. The van der Waals surface area contributed by atoms with E-state index in [9.17, 15) is 9.59 Å². The van der Waals surface area contributed by atoms with Crippen molar-refractivity contribution < 1.29 is 19.1 Å². The van der Waals surface area contributed by atoms with Crippen LogP contribution in [0.15, 0.2) is 24.3 Å². The number of nitrogens with zero attached hydrogens (tertiary/aromatic N) is 2. The van der Waals surface area contributed by atoms with Gasteiger partial charge in [-0.3, -0.25) is 4.90 Å². The first kappa shape index (κ1) is 26.1. The van der Waals surface area contributed by atoms with Crippen molar-refractivity contribution in [3.8, 4) is 5.75 Å². The SMILES string of the molecule is CC(C)(C)OC(=O)N1CCN(CCCOc2cccc(NC(=O)NC34CC5CC(CC(C5)C3)C4)c2)CC1. The number of piperazine rings is 1. The van der Waals surface area contributed by atoms with Gasteiger partial charge in [0, 0.05) is 50.0 Å². The van der Waals surface area contributed by atoms with Gasteiger partial charge in [-0.05, 0) is 95.6 Å². The van der Waals surface area contributed by atoms with Gasteiger partial charge in [-0.15, -0.1) is 0 Å². The summed E-state index contributed by atoms with van der Waals surface area (Å²) in [5, 5.41) is 6.42. The van der Waals surface area contributed by atoms with Crippen LogP contribution >= 0.6 is 0 Å². The molecule has 1 heterocycles. The molecule has 2 N–H and O–H groups in total. The van der Waals surface area contributed by atoms with Gasteiger partial charge in [0.15, 0.2) is 0 Å². The van der Waals surface area contributed by atoms with Gasteiger partial charge in [-0.25, -0.2) is 9.59 Å². The summed E-state index contributed by atoms with van der Waals surface area (Å²) in [5.41, 5.74) is 0.306. The molecule has 0 aromatic heterocycles. The zero-order valence-corrected chi connectivity index (χ0v) is 22.8. The Kier molecular flexibility index (Phi) is 7.57. The molecule has 8 nitrogen and oxygen atoms in total. The van der Waals surface area contributed by atoms with Crippen LogP contribution < -0.4 is 15.4 Å². The van der Waals surface area contributed by atoms with Crippen LogP contribution in [0.1, 0.15) is 65.7 Å². The predicted molar refractivity (Wildman–Crippen MR) is 144 cm³/mol. The molecule has 0 spiro atoms. The number of benzene rings is 1. The van der Waals surface area contributed by atoms with E-state index >= 15 is 0 Å². The lowest BCUT2D eigenvalue weighted by Crippen LogP contribution is -2.60. The maximum absolute atomic E-state index is 12.9. The lowest BCUT2D eigenvalue weighted by molar-refractivity contribution is -0.0127. The van der Waals surface area contributed by atoms with Crippen LogP contribution in [-0.2, 0) is 4.74 Å². The smallest absolute Gasteiger partial charge is 0.410 e. The van der Waals surface area contributed by atoms with E-state index in [0.717, 1.165) is 74.5 Å². The second-order valence-corrected chi connectivity index (χ2v) is 12.8. The maximum Gasteiger partial charge on any atom is 0.410 e. The summed E-state index contributed by atoms with van der Waals surface area (Å²) in [5.74, 6) is 3.17. The topological polar surface area (TPSA) is 83.1 Å². The molecular formula is C29H44N4O4. The normalized spacial score (nSPS) is 29.2. The molecule has 4 bridgehead atoms. The largest absolute Gasteiger partial charge is 0.493 e. The Balaban J connectivity index is 1.01. The number of nitrogens with one attached hydrogen (secondary N) is 2. The Hall–Kier alpha value is -2.48. The van der Waals surface area contributed by atoms with Crippen molar-refractivity contribution in [3.05, 3.63) is 24.3 Å². The van der Waals surface area contributed by atoms with E-state index in [2.05, 4.69) is 15.5 Å². The third-order valence-electron chi connectivity index (χ3n) is 8.42. The average Bonchev–Trinajstić information content (AvgIpc) is 2.80.